The number of hydrogen-bond donors (Lipinski definition) is 2. The van der Waals surface area contributed by atoms with Crippen LogP contribution in [0.1, 0.15) is 22.5 Å². The summed E-state index contributed by atoms with van der Waals surface area (Å²) in [6.45, 7) is 3.55. The van der Waals surface area contributed by atoms with Crippen molar-refractivity contribution < 1.29 is 4.79 Å². The average Bonchev–Trinajstić information content (AvgIpc) is 2.90. The number of benzene rings is 1. The van der Waals surface area contributed by atoms with Gasteiger partial charge in [-0.15, -0.1) is 11.3 Å². The molecule has 2 aromatic rings. The van der Waals surface area contributed by atoms with E-state index in [0.717, 1.165) is 29.2 Å². The molecule has 0 atom stereocenters. The fraction of sp³-hybridized carbons (Fsp3) is 0.333. The van der Waals surface area contributed by atoms with Gasteiger partial charge in [0.1, 0.15) is 5.01 Å². The van der Waals surface area contributed by atoms with Crippen molar-refractivity contribution in [2.24, 2.45) is 0 Å². The molecule has 0 radical (unpaired) electrons. The number of aryl methyl sites for hydroxylation is 1. The molecule has 2 rings (SSSR count). The topological polar surface area (TPSA) is 54.0 Å². The Morgan fingerprint density at radius 2 is 2.20 bits per heavy atom. The van der Waals surface area contributed by atoms with Crippen molar-refractivity contribution in [3.63, 3.8) is 0 Å². The zero-order chi connectivity index (χ0) is 14.4. The first kappa shape index (κ1) is 14.7. The molecule has 0 spiro atoms. The number of amides is 1. The first-order valence-electron chi connectivity index (χ1n) is 6.66. The van der Waals surface area contributed by atoms with E-state index in [-0.39, 0.29) is 5.91 Å². The number of carbonyl (C=O) groups is 1. The average molecular weight is 289 g/mol. The third-order valence-electron chi connectivity index (χ3n) is 2.88. The van der Waals surface area contributed by atoms with Gasteiger partial charge in [-0.3, -0.25) is 4.79 Å². The molecular formula is C15H19N3OS. The second-order valence-electron chi connectivity index (χ2n) is 4.59. The summed E-state index contributed by atoms with van der Waals surface area (Å²) in [6, 6.07) is 7.60. The fourth-order valence-corrected chi connectivity index (χ4v) is 2.64. The van der Waals surface area contributed by atoms with E-state index >= 15 is 0 Å². The van der Waals surface area contributed by atoms with Crippen LogP contribution in [0.15, 0.2) is 29.6 Å². The Morgan fingerprint density at radius 1 is 1.35 bits per heavy atom. The Morgan fingerprint density at radius 3 is 2.90 bits per heavy atom. The third-order valence-corrected chi connectivity index (χ3v) is 3.89. The molecule has 0 aliphatic heterocycles. The van der Waals surface area contributed by atoms with E-state index in [4.69, 9.17) is 0 Å². The highest BCUT2D eigenvalue weighted by Gasteiger charge is 2.08. The SMILES string of the molecule is CNCCCNC(=O)c1cccc(-c2nc(C)cs2)c1. The van der Waals surface area contributed by atoms with Gasteiger partial charge >= 0.3 is 0 Å². The van der Waals surface area contributed by atoms with E-state index in [1.165, 1.54) is 0 Å². The monoisotopic (exact) mass is 289 g/mol. The lowest BCUT2D eigenvalue weighted by Crippen LogP contribution is -2.26. The van der Waals surface area contributed by atoms with Crippen LogP contribution in [0.25, 0.3) is 10.6 Å². The first-order chi connectivity index (χ1) is 9.70. The number of hydrogen-bond acceptors (Lipinski definition) is 4. The Kier molecular flexibility index (Phi) is 5.26. The Labute approximate surface area is 123 Å². The van der Waals surface area contributed by atoms with Crippen molar-refractivity contribution in [1.29, 1.82) is 0 Å². The van der Waals surface area contributed by atoms with Gasteiger partial charge in [-0.25, -0.2) is 4.98 Å². The Balaban J connectivity index is 2.04. The number of thiazole rings is 1. The molecule has 1 aromatic carbocycles. The molecule has 0 saturated heterocycles. The minimum atomic E-state index is -0.0313. The highest BCUT2D eigenvalue weighted by Crippen LogP contribution is 2.24. The predicted octanol–water partition coefficient (Wildman–Crippen LogP) is 2.46. The summed E-state index contributed by atoms with van der Waals surface area (Å²) in [5.41, 5.74) is 2.68. The van der Waals surface area contributed by atoms with E-state index in [1.54, 1.807) is 11.3 Å². The molecule has 0 aliphatic rings. The van der Waals surface area contributed by atoms with Gasteiger partial charge in [0.05, 0.1) is 0 Å². The van der Waals surface area contributed by atoms with E-state index in [9.17, 15) is 4.79 Å². The number of nitrogens with zero attached hydrogens (tertiary/aromatic N) is 1. The van der Waals surface area contributed by atoms with Crippen LogP contribution in [0.3, 0.4) is 0 Å². The van der Waals surface area contributed by atoms with Gasteiger partial charge < -0.3 is 10.6 Å². The minimum Gasteiger partial charge on any atom is -0.352 e. The Hall–Kier alpha value is -1.72. The molecule has 1 amide bonds. The summed E-state index contributed by atoms with van der Waals surface area (Å²) in [6.07, 6.45) is 0.924. The van der Waals surface area contributed by atoms with Gasteiger partial charge in [-0.05, 0) is 39.1 Å². The molecule has 20 heavy (non-hydrogen) atoms. The highest BCUT2D eigenvalue weighted by molar-refractivity contribution is 7.13. The predicted molar refractivity (Wildman–Crippen MR) is 83.2 cm³/mol. The molecule has 106 valence electrons. The van der Waals surface area contributed by atoms with Crippen LogP contribution in [0, 0.1) is 6.92 Å². The van der Waals surface area contributed by atoms with Crippen LogP contribution in [0.5, 0.6) is 0 Å². The van der Waals surface area contributed by atoms with Gasteiger partial charge in [0.2, 0.25) is 0 Å². The molecule has 0 fully saturated rings. The van der Waals surface area contributed by atoms with E-state index in [1.807, 2.05) is 43.6 Å². The van der Waals surface area contributed by atoms with Crippen LogP contribution in [-0.4, -0.2) is 31.0 Å². The largest absolute Gasteiger partial charge is 0.352 e. The summed E-state index contributed by atoms with van der Waals surface area (Å²) >= 11 is 1.60. The Bertz CT molecular complexity index is 580. The van der Waals surface area contributed by atoms with Gasteiger partial charge in [0.15, 0.2) is 0 Å². The highest BCUT2D eigenvalue weighted by atomic mass is 32.1. The van der Waals surface area contributed by atoms with Gasteiger partial charge in [0, 0.05) is 28.7 Å². The van der Waals surface area contributed by atoms with E-state index in [2.05, 4.69) is 15.6 Å². The van der Waals surface area contributed by atoms with Crippen molar-refractivity contribution in [1.82, 2.24) is 15.6 Å². The molecule has 4 nitrogen and oxygen atoms in total. The smallest absolute Gasteiger partial charge is 0.251 e. The second-order valence-corrected chi connectivity index (χ2v) is 5.45. The van der Waals surface area contributed by atoms with Gasteiger partial charge in [-0.1, -0.05) is 12.1 Å². The maximum absolute atomic E-state index is 12.0. The quantitative estimate of drug-likeness (QED) is 0.803. The molecule has 5 heteroatoms. The van der Waals surface area contributed by atoms with Crippen LogP contribution in [-0.2, 0) is 0 Å². The van der Waals surface area contributed by atoms with E-state index in [0.29, 0.717) is 12.1 Å². The summed E-state index contributed by atoms with van der Waals surface area (Å²) in [5.74, 6) is -0.0313. The number of nitrogens with one attached hydrogen (secondary N) is 2. The lowest BCUT2D eigenvalue weighted by Gasteiger charge is -2.06. The van der Waals surface area contributed by atoms with Crippen LogP contribution >= 0.6 is 11.3 Å². The molecule has 0 bridgehead atoms. The van der Waals surface area contributed by atoms with E-state index < -0.39 is 0 Å². The summed E-state index contributed by atoms with van der Waals surface area (Å²) in [4.78, 5) is 16.5. The van der Waals surface area contributed by atoms with Gasteiger partial charge in [-0.2, -0.15) is 0 Å². The molecule has 2 N–H and O–H groups in total. The normalized spacial score (nSPS) is 10.5. The van der Waals surface area contributed by atoms with Crippen molar-refractivity contribution in [3.05, 3.63) is 40.9 Å². The second kappa shape index (κ2) is 7.17. The van der Waals surface area contributed by atoms with Crippen LogP contribution in [0.2, 0.25) is 0 Å². The molecule has 1 aromatic heterocycles. The maximum Gasteiger partial charge on any atom is 0.251 e. The standard InChI is InChI=1S/C15H19N3OS/c1-11-10-20-15(18-11)13-6-3-5-12(9-13)14(19)17-8-4-7-16-2/h3,5-6,9-10,16H,4,7-8H2,1-2H3,(H,17,19). The van der Waals surface area contributed by atoms with Crippen molar-refractivity contribution >= 4 is 17.2 Å². The molecular weight excluding hydrogens is 270 g/mol. The minimum absolute atomic E-state index is 0.0313. The molecule has 0 unspecified atom stereocenters. The van der Waals surface area contributed by atoms with Gasteiger partial charge in [0.25, 0.3) is 5.91 Å². The van der Waals surface area contributed by atoms with Crippen molar-refractivity contribution in [2.45, 2.75) is 13.3 Å². The van der Waals surface area contributed by atoms with Crippen LogP contribution < -0.4 is 10.6 Å². The van der Waals surface area contributed by atoms with Crippen molar-refractivity contribution in [3.8, 4) is 10.6 Å². The zero-order valence-corrected chi connectivity index (χ0v) is 12.6. The maximum atomic E-state index is 12.0. The molecule has 0 aliphatic carbocycles. The van der Waals surface area contributed by atoms with Crippen molar-refractivity contribution in [2.75, 3.05) is 20.1 Å². The summed E-state index contributed by atoms with van der Waals surface area (Å²) in [5, 5.41) is 8.94. The third kappa shape index (κ3) is 3.88. The lowest BCUT2D eigenvalue weighted by atomic mass is 10.1. The summed E-state index contributed by atoms with van der Waals surface area (Å²) in [7, 11) is 1.90. The first-order valence-corrected chi connectivity index (χ1v) is 7.54. The number of carbonyl (C=O) groups excluding carboxylic acids is 1. The number of rotatable bonds is 6. The summed E-state index contributed by atoms with van der Waals surface area (Å²) < 4.78 is 0. The lowest BCUT2D eigenvalue weighted by molar-refractivity contribution is 0.0953. The number of aromatic nitrogens is 1. The molecule has 0 saturated carbocycles. The van der Waals surface area contributed by atoms with Crippen LogP contribution in [0.4, 0.5) is 0 Å². The molecule has 1 heterocycles. The zero-order valence-electron chi connectivity index (χ0n) is 11.8. The fourth-order valence-electron chi connectivity index (χ4n) is 1.85.